The summed E-state index contributed by atoms with van der Waals surface area (Å²) in [6, 6.07) is 14.4. The maximum Gasteiger partial charge on any atom is 0.146 e. The number of benzene rings is 2. The first-order valence-electron chi connectivity index (χ1n) is 6.60. The zero-order chi connectivity index (χ0) is 13.9. The van der Waals surface area contributed by atoms with E-state index in [1.165, 1.54) is 6.07 Å². The Bertz CT molecular complexity index is 722. The molecule has 1 N–H and O–H groups in total. The molecule has 20 heavy (non-hydrogen) atoms. The summed E-state index contributed by atoms with van der Waals surface area (Å²) in [6.07, 6.45) is 0.626. The van der Waals surface area contributed by atoms with E-state index in [-0.39, 0.29) is 12.0 Å². The Kier molecular flexibility index (Phi) is 3.33. The van der Waals surface area contributed by atoms with Gasteiger partial charge in [0.1, 0.15) is 17.5 Å². The van der Waals surface area contributed by atoms with Crippen molar-refractivity contribution in [2.45, 2.75) is 19.5 Å². The molecule has 5 heteroatoms. The summed E-state index contributed by atoms with van der Waals surface area (Å²) < 4.78 is 15.5. The molecule has 1 atom stereocenters. The lowest BCUT2D eigenvalue weighted by atomic mass is 10.2. The van der Waals surface area contributed by atoms with E-state index in [4.69, 9.17) is 0 Å². The molecule has 1 aromatic heterocycles. The van der Waals surface area contributed by atoms with Gasteiger partial charge in [-0.05, 0) is 30.7 Å². The minimum absolute atomic E-state index is 0.140. The normalized spacial score (nSPS) is 12.5. The second-order valence-corrected chi connectivity index (χ2v) is 4.57. The third kappa shape index (κ3) is 2.22. The summed E-state index contributed by atoms with van der Waals surface area (Å²) in [5, 5.41) is 11.5. The Labute approximate surface area is 116 Å². The standard InChI is InChI=1S/C15H15FN4/c1-2-15(17-12-8-4-3-7-11(12)16)20-14-10-6-5-9-13(14)18-19-20/h3-10,15,17H,2H2,1H3. The first kappa shape index (κ1) is 12.6. The van der Waals surface area contributed by atoms with Gasteiger partial charge in [0.15, 0.2) is 0 Å². The molecular formula is C15H15FN4. The molecule has 3 rings (SSSR count). The minimum Gasteiger partial charge on any atom is -0.361 e. The molecule has 0 saturated heterocycles. The SMILES string of the molecule is CCC(Nc1ccccc1F)n1nnc2ccccc21. The van der Waals surface area contributed by atoms with E-state index in [9.17, 15) is 4.39 Å². The maximum absolute atomic E-state index is 13.7. The number of hydrogen-bond donors (Lipinski definition) is 1. The van der Waals surface area contributed by atoms with Crippen LogP contribution in [-0.4, -0.2) is 15.0 Å². The highest BCUT2D eigenvalue weighted by atomic mass is 19.1. The molecule has 0 aliphatic heterocycles. The van der Waals surface area contributed by atoms with Crippen LogP contribution in [0.1, 0.15) is 19.5 Å². The summed E-state index contributed by atoms with van der Waals surface area (Å²) in [4.78, 5) is 0. The first-order chi connectivity index (χ1) is 9.79. The fourth-order valence-corrected chi connectivity index (χ4v) is 2.21. The van der Waals surface area contributed by atoms with Gasteiger partial charge in [0, 0.05) is 0 Å². The van der Waals surface area contributed by atoms with E-state index in [1.807, 2.05) is 31.2 Å². The van der Waals surface area contributed by atoms with Gasteiger partial charge in [0.2, 0.25) is 0 Å². The predicted octanol–water partition coefficient (Wildman–Crippen LogP) is 3.59. The topological polar surface area (TPSA) is 42.7 Å². The summed E-state index contributed by atoms with van der Waals surface area (Å²) >= 11 is 0. The maximum atomic E-state index is 13.7. The van der Waals surface area contributed by atoms with E-state index in [2.05, 4.69) is 15.6 Å². The smallest absolute Gasteiger partial charge is 0.146 e. The van der Waals surface area contributed by atoms with Crippen molar-refractivity contribution in [2.24, 2.45) is 0 Å². The van der Waals surface area contributed by atoms with Gasteiger partial charge >= 0.3 is 0 Å². The number of nitrogens with one attached hydrogen (secondary N) is 1. The van der Waals surface area contributed by atoms with Crippen molar-refractivity contribution in [3.63, 3.8) is 0 Å². The molecule has 4 nitrogen and oxygen atoms in total. The Morgan fingerprint density at radius 2 is 1.90 bits per heavy atom. The second-order valence-electron chi connectivity index (χ2n) is 4.57. The average molecular weight is 270 g/mol. The molecule has 0 saturated carbocycles. The van der Waals surface area contributed by atoms with Crippen LogP contribution in [0.3, 0.4) is 0 Å². The van der Waals surface area contributed by atoms with Crippen LogP contribution in [0.5, 0.6) is 0 Å². The van der Waals surface area contributed by atoms with Crippen LogP contribution >= 0.6 is 0 Å². The van der Waals surface area contributed by atoms with Gasteiger partial charge in [-0.1, -0.05) is 36.4 Å². The highest BCUT2D eigenvalue weighted by Gasteiger charge is 2.14. The Morgan fingerprint density at radius 3 is 2.70 bits per heavy atom. The van der Waals surface area contributed by atoms with Crippen LogP contribution < -0.4 is 5.32 Å². The van der Waals surface area contributed by atoms with Crippen molar-refractivity contribution in [3.8, 4) is 0 Å². The molecule has 0 radical (unpaired) electrons. The summed E-state index contributed by atoms with van der Waals surface area (Å²) in [6.45, 7) is 2.02. The number of halogens is 1. The molecule has 1 heterocycles. The number of fused-ring (bicyclic) bond motifs is 1. The van der Waals surface area contributed by atoms with Crippen molar-refractivity contribution in [3.05, 3.63) is 54.3 Å². The molecule has 0 bridgehead atoms. The monoisotopic (exact) mass is 270 g/mol. The van der Waals surface area contributed by atoms with Gasteiger partial charge in [-0.15, -0.1) is 5.10 Å². The minimum atomic E-state index is -0.268. The zero-order valence-electron chi connectivity index (χ0n) is 11.1. The van der Waals surface area contributed by atoms with Crippen LogP contribution in [0.25, 0.3) is 11.0 Å². The van der Waals surface area contributed by atoms with Crippen LogP contribution in [0, 0.1) is 5.82 Å². The largest absolute Gasteiger partial charge is 0.361 e. The Balaban J connectivity index is 1.96. The highest BCUT2D eigenvalue weighted by molar-refractivity contribution is 5.74. The molecule has 1 unspecified atom stereocenters. The van der Waals surface area contributed by atoms with Gasteiger partial charge in [0.05, 0.1) is 11.2 Å². The van der Waals surface area contributed by atoms with E-state index < -0.39 is 0 Å². The van der Waals surface area contributed by atoms with E-state index in [0.717, 1.165) is 17.5 Å². The molecule has 0 fully saturated rings. The van der Waals surface area contributed by atoms with Crippen molar-refractivity contribution in [1.29, 1.82) is 0 Å². The number of rotatable bonds is 4. The fraction of sp³-hybridized carbons (Fsp3) is 0.200. The van der Waals surface area contributed by atoms with Crippen molar-refractivity contribution < 1.29 is 4.39 Å². The second kappa shape index (κ2) is 5.28. The van der Waals surface area contributed by atoms with E-state index >= 15 is 0 Å². The highest BCUT2D eigenvalue weighted by Crippen LogP contribution is 2.22. The summed E-state index contributed by atoms with van der Waals surface area (Å²) in [7, 11) is 0. The average Bonchev–Trinajstić information content (AvgIpc) is 2.90. The molecule has 0 spiro atoms. The fourth-order valence-electron chi connectivity index (χ4n) is 2.21. The lowest BCUT2D eigenvalue weighted by Gasteiger charge is -2.19. The molecule has 0 aliphatic rings. The van der Waals surface area contributed by atoms with Gasteiger partial charge in [-0.25, -0.2) is 9.07 Å². The van der Waals surface area contributed by atoms with Crippen molar-refractivity contribution in [2.75, 3.05) is 5.32 Å². The molecule has 0 aliphatic carbocycles. The Morgan fingerprint density at radius 1 is 1.15 bits per heavy atom. The van der Waals surface area contributed by atoms with Crippen LogP contribution in [0.15, 0.2) is 48.5 Å². The van der Waals surface area contributed by atoms with Gasteiger partial charge in [-0.2, -0.15) is 0 Å². The van der Waals surface area contributed by atoms with Gasteiger partial charge in [0.25, 0.3) is 0 Å². The lowest BCUT2D eigenvalue weighted by Crippen LogP contribution is -2.19. The number of para-hydroxylation sites is 2. The summed E-state index contributed by atoms with van der Waals surface area (Å²) in [5.41, 5.74) is 2.24. The molecule has 102 valence electrons. The Hall–Kier alpha value is -2.43. The van der Waals surface area contributed by atoms with E-state index in [1.54, 1.807) is 22.9 Å². The third-order valence-corrected chi connectivity index (χ3v) is 3.26. The number of anilines is 1. The van der Waals surface area contributed by atoms with Gasteiger partial charge in [-0.3, -0.25) is 0 Å². The number of aromatic nitrogens is 3. The van der Waals surface area contributed by atoms with Crippen molar-refractivity contribution in [1.82, 2.24) is 15.0 Å². The van der Waals surface area contributed by atoms with Crippen LogP contribution in [-0.2, 0) is 0 Å². The van der Waals surface area contributed by atoms with Crippen LogP contribution in [0.4, 0.5) is 10.1 Å². The zero-order valence-corrected chi connectivity index (χ0v) is 11.1. The predicted molar refractivity (Wildman–Crippen MR) is 76.9 cm³/mol. The van der Waals surface area contributed by atoms with E-state index in [0.29, 0.717) is 5.69 Å². The van der Waals surface area contributed by atoms with Crippen LogP contribution in [0.2, 0.25) is 0 Å². The quantitative estimate of drug-likeness (QED) is 0.787. The third-order valence-electron chi connectivity index (χ3n) is 3.26. The van der Waals surface area contributed by atoms with Gasteiger partial charge < -0.3 is 5.32 Å². The molecule has 3 aromatic rings. The molecule has 0 amide bonds. The summed E-state index contributed by atoms with van der Waals surface area (Å²) in [5.74, 6) is -0.268. The first-order valence-corrected chi connectivity index (χ1v) is 6.60. The molecule has 2 aromatic carbocycles. The number of hydrogen-bond acceptors (Lipinski definition) is 3. The molecular weight excluding hydrogens is 255 g/mol. The lowest BCUT2D eigenvalue weighted by molar-refractivity contribution is 0.486. The number of nitrogens with zero attached hydrogens (tertiary/aromatic N) is 3. The van der Waals surface area contributed by atoms with Crippen molar-refractivity contribution >= 4 is 16.7 Å².